The number of carbonyl (C=O) groups is 1. The van der Waals surface area contributed by atoms with E-state index in [9.17, 15) is 4.79 Å². The molecule has 0 saturated heterocycles. The van der Waals surface area contributed by atoms with Gasteiger partial charge in [0.05, 0.1) is 0 Å². The fraction of sp³-hybridized carbons (Fsp3) is 0.562. The maximum atomic E-state index is 11.6. The van der Waals surface area contributed by atoms with Gasteiger partial charge in [-0.2, -0.15) is 0 Å². The molecule has 0 bridgehead atoms. The van der Waals surface area contributed by atoms with E-state index in [-0.39, 0.29) is 6.09 Å². The van der Waals surface area contributed by atoms with Gasteiger partial charge in [-0.1, -0.05) is 6.07 Å². The van der Waals surface area contributed by atoms with Crippen molar-refractivity contribution >= 4 is 23.5 Å². The Morgan fingerprint density at radius 3 is 2.86 bits per heavy atom. The highest BCUT2D eigenvalue weighted by atomic mass is 32.2. The van der Waals surface area contributed by atoms with E-state index in [1.165, 1.54) is 16.1 Å². The van der Waals surface area contributed by atoms with Crippen LogP contribution in [0, 0.1) is 0 Å². The first-order valence-corrected chi connectivity index (χ1v) is 8.50. The van der Waals surface area contributed by atoms with Crippen LogP contribution in [0.25, 0.3) is 0 Å². The van der Waals surface area contributed by atoms with Crippen LogP contribution in [0.15, 0.2) is 23.1 Å². The molecule has 0 aromatic heterocycles. The predicted molar refractivity (Wildman–Crippen MR) is 88.4 cm³/mol. The zero-order valence-corrected chi connectivity index (χ0v) is 14.0. The second-order valence-corrected chi connectivity index (χ2v) is 7.04. The van der Waals surface area contributed by atoms with Crippen molar-refractivity contribution in [3.05, 3.63) is 23.8 Å². The molecule has 1 aromatic carbocycles. The molecule has 0 fully saturated rings. The number of hydrogen-bond donors (Lipinski definition) is 1. The van der Waals surface area contributed by atoms with E-state index >= 15 is 0 Å². The minimum atomic E-state index is -0.447. The van der Waals surface area contributed by atoms with Gasteiger partial charge in [0.1, 0.15) is 5.60 Å². The lowest BCUT2D eigenvalue weighted by Gasteiger charge is -2.22. The molecule has 1 amide bonds. The highest BCUT2D eigenvalue weighted by molar-refractivity contribution is 7.98. The molecule has 0 aliphatic carbocycles. The zero-order valence-electron chi connectivity index (χ0n) is 13.2. The molecule has 1 N–H and O–H groups in total. The van der Waals surface area contributed by atoms with Crippen LogP contribution in [0.2, 0.25) is 0 Å². The zero-order chi connectivity index (χ0) is 15.5. The third-order valence-corrected chi connectivity index (χ3v) is 4.06. The molecule has 1 aliphatic rings. The molecule has 0 atom stereocenters. The molecule has 1 aromatic rings. The second-order valence-electron chi connectivity index (χ2n) is 6.16. The number of nitrogens with one attached hydrogen (secondary N) is 1. The van der Waals surface area contributed by atoms with Crippen LogP contribution in [0.3, 0.4) is 0 Å². The highest BCUT2D eigenvalue weighted by Gasteiger charge is 2.20. The van der Waals surface area contributed by atoms with Gasteiger partial charge in [-0.3, -0.25) is 0 Å². The summed E-state index contributed by atoms with van der Waals surface area (Å²) in [5, 5.41) is 2.82. The lowest BCUT2D eigenvalue weighted by atomic mass is 10.2. The Balaban J connectivity index is 1.85. The Kier molecular flexibility index (Phi) is 5.04. The minimum absolute atomic E-state index is 0.347. The van der Waals surface area contributed by atoms with Crippen molar-refractivity contribution < 1.29 is 9.53 Å². The number of thioether (sulfide) groups is 1. The van der Waals surface area contributed by atoms with Crippen LogP contribution in [-0.4, -0.2) is 37.6 Å². The number of ether oxygens (including phenoxy) is 1. The molecule has 2 rings (SSSR count). The standard InChI is InChI=1S/C16H24N2O2S/c1-16(2,3)20-15(19)17-8-10-18-9-7-12-5-6-13(21-4)11-14(12)18/h5-6,11H,7-10H2,1-4H3,(H,17,19). The van der Waals surface area contributed by atoms with E-state index in [0.717, 1.165) is 19.5 Å². The van der Waals surface area contributed by atoms with Gasteiger partial charge in [0.2, 0.25) is 0 Å². The first kappa shape index (κ1) is 16.0. The summed E-state index contributed by atoms with van der Waals surface area (Å²) in [6.45, 7) is 8.03. The van der Waals surface area contributed by atoms with Crippen LogP contribution in [0.5, 0.6) is 0 Å². The monoisotopic (exact) mass is 308 g/mol. The Hall–Kier alpha value is -1.36. The number of hydrogen-bond acceptors (Lipinski definition) is 4. The quantitative estimate of drug-likeness (QED) is 0.867. The number of amides is 1. The number of alkyl carbamates (subject to hydrolysis) is 1. The normalized spacial score (nSPS) is 14.0. The summed E-state index contributed by atoms with van der Waals surface area (Å²) in [6, 6.07) is 6.62. The van der Waals surface area contributed by atoms with Crippen molar-refractivity contribution in [2.75, 3.05) is 30.8 Å². The molecule has 116 valence electrons. The van der Waals surface area contributed by atoms with Crippen molar-refractivity contribution in [2.24, 2.45) is 0 Å². The minimum Gasteiger partial charge on any atom is -0.444 e. The van der Waals surface area contributed by atoms with Crippen LogP contribution in [0.1, 0.15) is 26.3 Å². The Morgan fingerprint density at radius 2 is 2.19 bits per heavy atom. The van der Waals surface area contributed by atoms with E-state index in [0.29, 0.717) is 6.54 Å². The Morgan fingerprint density at radius 1 is 1.43 bits per heavy atom. The number of nitrogens with zero attached hydrogens (tertiary/aromatic N) is 1. The van der Waals surface area contributed by atoms with Gasteiger partial charge in [-0.15, -0.1) is 11.8 Å². The van der Waals surface area contributed by atoms with Crippen molar-refractivity contribution in [1.82, 2.24) is 5.32 Å². The summed E-state index contributed by atoms with van der Waals surface area (Å²) < 4.78 is 5.24. The summed E-state index contributed by atoms with van der Waals surface area (Å²) in [4.78, 5) is 15.2. The summed E-state index contributed by atoms with van der Waals surface area (Å²) in [6.07, 6.45) is 2.82. The van der Waals surface area contributed by atoms with E-state index < -0.39 is 5.60 Å². The van der Waals surface area contributed by atoms with Crippen LogP contribution in [0.4, 0.5) is 10.5 Å². The highest BCUT2D eigenvalue weighted by Crippen LogP contribution is 2.31. The molecule has 0 saturated carbocycles. The lowest BCUT2D eigenvalue weighted by molar-refractivity contribution is 0.0529. The average molecular weight is 308 g/mol. The van der Waals surface area contributed by atoms with E-state index in [1.807, 2.05) is 20.8 Å². The van der Waals surface area contributed by atoms with Crippen molar-refractivity contribution in [3.8, 4) is 0 Å². The van der Waals surface area contributed by atoms with Gasteiger partial charge >= 0.3 is 6.09 Å². The molecular formula is C16H24N2O2S. The fourth-order valence-corrected chi connectivity index (χ4v) is 2.83. The molecule has 0 spiro atoms. The summed E-state index contributed by atoms with van der Waals surface area (Å²) in [5.41, 5.74) is 2.25. The number of anilines is 1. The maximum Gasteiger partial charge on any atom is 0.407 e. The van der Waals surface area contributed by atoms with Crippen molar-refractivity contribution in [2.45, 2.75) is 37.7 Å². The number of benzene rings is 1. The Labute approximate surface area is 131 Å². The van der Waals surface area contributed by atoms with Gasteiger partial charge in [0, 0.05) is 30.2 Å². The topological polar surface area (TPSA) is 41.6 Å². The molecule has 4 nitrogen and oxygen atoms in total. The number of carbonyl (C=O) groups excluding carboxylic acids is 1. The van der Waals surface area contributed by atoms with Gasteiger partial charge in [0.15, 0.2) is 0 Å². The maximum absolute atomic E-state index is 11.6. The predicted octanol–water partition coefficient (Wildman–Crippen LogP) is 3.30. The third-order valence-electron chi connectivity index (χ3n) is 3.33. The first-order valence-electron chi connectivity index (χ1n) is 7.28. The smallest absolute Gasteiger partial charge is 0.407 e. The van der Waals surface area contributed by atoms with Crippen molar-refractivity contribution in [3.63, 3.8) is 0 Å². The number of rotatable bonds is 4. The fourth-order valence-electron chi connectivity index (χ4n) is 2.39. The van der Waals surface area contributed by atoms with E-state index in [2.05, 4.69) is 34.7 Å². The van der Waals surface area contributed by atoms with E-state index in [1.54, 1.807) is 11.8 Å². The first-order chi connectivity index (χ1) is 9.89. The summed E-state index contributed by atoms with van der Waals surface area (Å²) in [7, 11) is 0. The summed E-state index contributed by atoms with van der Waals surface area (Å²) in [5.74, 6) is 0. The lowest BCUT2D eigenvalue weighted by Crippen LogP contribution is -2.37. The Bertz CT molecular complexity index is 511. The van der Waals surface area contributed by atoms with Crippen LogP contribution < -0.4 is 10.2 Å². The van der Waals surface area contributed by atoms with Gasteiger partial charge in [-0.05, 0) is 51.1 Å². The van der Waals surface area contributed by atoms with Crippen LogP contribution in [-0.2, 0) is 11.2 Å². The largest absolute Gasteiger partial charge is 0.444 e. The summed E-state index contributed by atoms with van der Waals surface area (Å²) >= 11 is 1.76. The van der Waals surface area contributed by atoms with Gasteiger partial charge in [0.25, 0.3) is 0 Å². The SMILES string of the molecule is CSc1ccc2c(c1)N(CCNC(=O)OC(C)(C)C)CC2. The molecule has 21 heavy (non-hydrogen) atoms. The van der Waals surface area contributed by atoms with Gasteiger partial charge in [-0.25, -0.2) is 4.79 Å². The average Bonchev–Trinajstić information content (AvgIpc) is 2.79. The third kappa shape index (κ3) is 4.56. The van der Waals surface area contributed by atoms with Gasteiger partial charge < -0.3 is 15.0 Å². The van der Waals surface area contributed by atoms with E-state index in [4.69, 9.17) is 4.74 Å². The molecule has 0 unspecified atom stereocenters. The molecule has 1 heterocycles. The molecule has 1 aliphatic heterocycles. The molecule has 5 heteroatoms. The number of fused-ring (bicyclic) bond motifs is 1. The van der Waals surface area contributed by atoms with Crippen LogP contribution >= 0.6 is 11.8 Å². The molecule has 0 radical (unpaired) electrons. The van der Waals surface area contributed by atoms with Crippen molar-refractivity contribution in [1.29, 1.82) is 0 Å². The second kappa shape index (κ2) is 6.60. The molecular weight excluding hydrogens is 284 g/mol.